The minimum absolute atomic E-state index is 0.117. The van der Waals surface area contributed by atoms with Crippen LogP contribution in [0.4, 0.5) is 0 Å². The van der Waals surface area contributed by atoms with E-state index in [1.165, 1.54) is 0 Å². The minimum atomic E-state index is -3.16. The number of aryl methyl sites for hydroxylation is 1. The summed E-state index contributed by atoms with van der Waals surface area (Å²) in [6.07, 6.45) is 4.94. The molecule has 1 rings (SSSR count). The van der Waals surface area contributed by atoms with Crippen LogP contribution in [0.3, 0.4) is 0 Å². The van der Waals surface area contributed by atoms with Gasteiger partial charge in [0.1, 0.15) is 5.82 Å². The third-order valence-electron chi connectivity index (χ3n) is 2.39. The SMILES string of the molecule is CC(C)NCCS(=O)(=O)NCCCc1ncc[nH]1. The summed E-state index contributed by atoms with van der Waals surface area (Å²) in [5.41, 5.74) is 0. The quantitative estimate of drug-likeness (QED) is 0.564. The summed E-state index contributed by atoms with van der Waals surface area (Å²) in [5, 5.41) is 3.08. The number of rotatable bonds is 9. The molecular formula is C11H22N4O2S. The predicted molar refractivity (Wildman–Crippen MR) is 71.8 cm³/mol. The third kappa shape index (κ3) is 6.73. The Morgan fingerprint density at radius 1 is 1.39 bits per heavy atom. The summed E-state index contributed by atoms with van der Waals surface area (Å²) in [7, 11) is -3.16. The summed E-state index contributed by atoms with van der Waals surface area (Å²) < 4.78 is 25.8. The maximum Gasteiger partial charge on any atom is 0.212 e. The van der Waals surface area contributed by atoms with Crippen LogP contribution in [0.2, 0.25) is 0 Å². The third-order valence-corrected chi connectivity index (χ3v) is 3.78. The molecular weight excluding hydrogens is 252 g/mol. The van der Waals surface area contributed by atoms with E-state index >= 15 is 0 Å². The van der Waals surface area contributed by atoms with E-state index in [0.717, 1.165) is 18.7 Å². The van der Waals surface area contributed by atoms with E-state index in [1.807, 2.05) is 13.8 Å². The monoisotopic (exact) mass is 274 g/mol. The van der Waals surface area contributed by atoms with E-state index in [0.29, 0.717) is 19.1 Å². The molecule has 0 aliphatic carbocycles. The molecule has 0 fully saturated rings. The standard InChI is InChI=1S/C11H22N4O2S/c1-10(2)12-8-9-18(16,17)15-5-3-4-11-13-6-7-14-11/h6-7,10,12,15H,3-5,8-9H2,1-2H3,(H,13,14). The Kier molecular flexibility index (Phi) is 6.31. The molecule has 3 N–H and O–H groups in total. The molecule has 0 atom stereocenters. The molecule has 1 aromatic rings. The van der Waals surface area contributed by atoms with Gasteiger partial charge in [-0.2, -0.15) is 0 Å². The summed E-state index contributed by atoms with van der Waals surface area (Å²) in [6.45, 7) is 4.91. The summed E-state index contributed by atoms with van der Waals surface area (Å²) in [6, 6.07) is 0.305. The highest BCUT2D eigenvalue weighted by Gasteiger charge is 2.09. The Balaban J connectivity index is 2.13. The minimum Gasteiger partial charge on any atom is -0.349 e. The number of imidazole rings is 1. The fraction of sp³-hybridized carbons (Fsp3) is 0.727. The van der Waals surface area contributed by atoms with Crippen LogP contribution in [0, 0.1) is 0 Å². The molecule has 1 aromatic heterocycles. The topological polar surface area (TPSA) is 86.9 Å². The first-order chi connectivity index (χ1) is 8.49. The van der Waals surface area contributed by atoms with Crippen LogP contribution in [0.15, 0.2) is 12.4 Å². The van der Waals surface area contributed by atoms with E-state index < -0.39 is 10.0 Å². The average Bonchev–Trinajstić information content (AvgIpc) is 2.76. The van der Waals surface area contributed by atoms with Gasteiger partial charge in [-0.15, -0.1) is 0 Å². The normalized spacial score (nSPS) is 12.2. The maximum atomic E-state index is 11.6. The molecule has 0 aromatic carbocycles. The number of nitrogens with one attached hydrogen (secondary N) is 3. The summed E-state index contributed by atoms with van der Waals surface area (Å²) >= 11 is 0. The Morgan fingerprint density at radius 3 is 2.78 bits per heavy atom. The number of hydrogen-bond donors (Lipinski definition) is 3. The lowest BCUT2D eigenvalue weighted by atomic mass is 10.3. The smallest absolute Gasteiger partial charge is 0.212 e. The molecule has 0 unspecified atom stereocenters. The molecule has 0 radical (unpaired) electrons. The highest BCUT2D eigenvalue weighted by atomic mass is 32.2. The van der Waals surface area contributed by atoms with E-state index in [4.69, 9.17) is 0 Å². The highest BCUT2D eigenvalue weighted by molar-refractivity contribution is 7.89. The highest BCUT2D eigenvalue weighted by Crippen LogP contribution is 1.94. The molecule has 0 aliphatic rings. The molecule has 0 aliphatic heterocycles. The number of aromatic amines is 1. The first kappa shape index (κ1) is 15.1. The number of nitrogens with zero attached hydrogens (tertiary/aromatic N) is 1. The molecule has 0 spiro atoms. The van der Waals surface area contributed by atoms with Crippen molar-refractivity contribution in [1.82, 2.24) is 20.0 Å². The zero-order valence-corrected chi connectivity index (χ0v) is 11.8. The van der Waals surface area contributed by atoms with Crippen LogP contribution >= 0.6 is 0 Å². The second-order valence-corrected chi connectivity index (χ2v) is 6.39. The molecule has 0 bridgehead atoms. The fourth-order valence-electron chi connectivity index (χ4n) is 1.47. The van der Waals surface area contributed by atoms with Crippen molar-refractivity contribution in [3.05, 3.63) is 18.2 Å². The van der Waals surface area contributed by atoms with Crippen LogP contribution in [0.1, 0.15) is 26.1 Å². The molecule has 104 valence electrons. The van der Waals surface area contributed by atoms with Gasteiger partial charge in [0.25, 0.3) is 0 Å². The van der Waals surface area contributed by atoms with E-state index in [-0.39, 0.29) is 5.75 Å². The molecule has 6 nitrogen and oxygen atoms in total. The molecule has 0 amide bonds. The van der Waals surface area contributed by atoms with Gasteiger partial charge < -0.3 is 10.3 Å². The van der Waals surface area contributed by atoms with Crippen molar-refractivity contribution in [1.29, 1.82) is 0 Å². The Bertz CT molecular complexity index is 414. The predicted octanol–water partition coefficient (Wildman–Crippen LogP) is 0.260. The van der Waals surface area contributed by atoms with Crippen molar-refractivity contribution in [2.75, 3.05) is 18.8 Å². The zero-order chi connectivity index (χ0) is 13.4. The molecule has 18 heavy (non-hydrogen) atoms. The van der Waals surface area contributed by atoms with Gasteiger partial charge in [0.2, 0.25) is 10.0 Å². The number of hydrogen-bond acceptors (Lipinski definition) is 4. The second kappa shape index (κ2) is 7.50. The molecule has 0 saturated carbocycles. The molecule has 1 heterocycles. The van der Waals surface area contributed by atoms with Crippen LogP contribution in [0.25, 0.3) is 0 Å². The van der Waals surface area contributed by atoms with Crippen LogP contribution in [-0.4, -0.2) is 43.3 Å². The zero-order valence-electron chi connectivity index (χ0n) is 10.9. The van der Waals surface area contributed by atoms with E-state index in [9.17, 15) is 8.42 Å². The lowest BCUT2D eigenvalue weighted by molar-refractivity contribution is 0.564. The van der Waals surface area contributed by atoms with Crippen LogP contribution in [-0.2, 0) is 16.4 Å². The van der Waals surface area contributed by atoms with Gasteiger partial charge in [0.15, 0.2) is 0 Å². The maximum absolute atomic E-state index is 11.6. The molecule has 0 saturated heterocycles. The first-order valence-corrected chi connectivity index (χ1v) is 7.84. The fourth-order valence-corrected chi connectivity index (χ4v) is 2.46. The summed E-state index contributed by atoms with van der Waals surface area (Å²) in [4.78, 5) is 7.06. The average molecular weight is 274 g/mol. The Morgan fingerprint density at radius 2 is 2.17 bits per heavy atom. The van der Waals surface area contributed by atoms with Crippen LogP contribution in [0.5, 0.6) is 0 Å². The van der Waals surface area contributed by atoms with Gasteiger partial charge in [0, 0.05) is 37.9 Å². The van der Waals surface area contributed by atoms with E-state index in [1.54, 1.807) is 12.4 Å². The van der Waals surface area contributed by atoms with E-state index in [2.05, 4.69) is 20.0 Å². The van der Waals surface area contributed by atoms with Gasteiger partial charge in [-0.05, 0) is 6.42 Å². The summed E-state index contributed by atoms with van der Waals surface area (Å²) in [5.74, 6) is 1.00. The van der Waals surface area contributed by atoms with Crippen molar-refractivity contribution >= 4 is 10.0 Å². The lowest BCUT2D eigenvalue weighted by Gasteiger charge is -2.09. The largest absolute Gasteiger partial charge is 0.349 e. The van der Waals surface area contributed by atoms with Crippen molar-refractivity contribution < 1.29 is 8.42 Å². The second-order valence-electron chi connectivity index (χ2n) is 4.46. The van der Waals surface area contributed by atoms with Gasteiger partial charge in [-0.1, -0.05) is 13.8 Å². The number of H-pyrrole nitrogens is 1. The van der Waals surface area contributed by atoms with Crippen molar-refractivity contribution in [2.24, 2.45) is 0 Å². The van der Waals surface area contributed by atoms with Gasteiger partial charge >= 0.3 is 0 Å². The molecule has 7 heteroatoms. The van der Waals surface area contributed by atoms with Crippen molar-refractivity contribution in [2.45, 2.75) is 32.7 Å². The Hall–Kier alpha value is -0.920. The van der Waals surface area contributed by atoms with Gasteiger partial charge in [0.05, 0.1) is 5.75 Å². The van der Waals surface area contributed by atoms with Crippen molar-refractivity contribution in [3.8, 4) is 0 Å². The number of sulfonamides is 1. The first-order valence-electron chi connectivity index (χ1n) is 6.18. The Labute approximate surface area is 109 Å². The number of aromatic nitrogens is 2. The van der Waals surface area contributed by atoms with Crippen LogP contribution < -0.4 is 10.0 Å². The van der Waals surface area contributed by atoms with Gasteiger partial charge in [-0.3, -0.25) is 0 Å². The lowest BCUT2D eigenvalue weighted by Crippen LogP contribution is -2.34. The van der Waals surface area contributed by atoms with Gasteiger partial charge in [-0.25, -0.2) is 18.1 Å². The van der Waals surface area contributed by atoms with Crippen molar-refractivity contribution in [3.63, 3.8) is 0 Å².